The molecular formula is C10H17NO2S2. The lowest BCUT2D eigenvalue weighted by Crippen LogP contribution is -2.20. The van der Waals surface area contributed by atoms with Crippen LogP contribution in [0.2, 0.25) is 0 Å². The third kappa shape index (κ3) is 3.57. The van der Waals surface area contributed by atoms with Gasteiger partial charge < -0.3 is 5.11 Å². The molecule has 0 saturated carbocycles. The molecule has 0 fully saturated rings. The first-order valence-corrected chi connectivity index (χ1v) is 6.70. The average Bonchev–Trinajstić information content (AvgIpc) is 2.46. The van der Waals surface area contributed by atoms with E-state index in [1.165, 1.54) is 21.3 Å². The third-order valence-corrected chi connectivity index (χ3v) is 4.17. The standard InChI is InChI=1S/C10H17NO2S2/c1-4-5-6-10(2,3)15-11-8(12)7-14-9(11)13/h7,12H,4-6H2,1-3H3. The molecule has 0 radical (unpaired) electrons. The van der Waals surface area contributed by atoms with Gasteiger partial charge in [-0.3, -0.25) is 4.79 Å². The third-order valence-electron chi connectivity index (χ3n) is 2.11. The molecule has 0 saturated heterocycles. The van der Waals surface area contributed by atoms with Gasteiger partial charge in [-0.25, -0.2) is 3.97 Å². The van der Waals surface area contributed by atoms with Crippen molar-refractivity contribution in [3.8, 4) is 5.88 Å². The van der Waals surface area contributed by atoms with Gasteiger partial charge in [0.05, 0.1) is 5.38 Å². The lowest BCUT2D eigenvalue weighted by Gasteiger charge is -2.23. The second-order valence-electron chi connectivity index (χ2n) is 4.11. The summed E-state index contributed by atoms with van der Waals surface area (Å²) >= 11 is 2.44. The van der Waals surface area contributed by atoms with E-state index in [0.29, 0.717) is 0 Å². The van der Waals surface area contributed by atoms with Gasteiger partial charge in [0, 0.05) is 4.75 Å². The molecule has 0 amide bonds. The van der Waals surface area contributed by atoms with Crippen LogP contribution in [-0.2, 0) is 0 Å². The molecule has 15 heavy (non-hydrogen) atoms. The zero-order valence-electron chi connectivity index (χ0n) is 9.32. The molecule has 0 aliphatic rings. The van der Waals surface area contributed by atoms with Gasteiger partial charge in [0.2, 0.25) is 5.88 Å². The van der Waals surface area contributed by atoms with Crippen LogP contribution in [0, 0.1) is 0 Å². The smallest absolute Gasteiger partial charge is 0.320 e. The molecule has 0 unspecified atom stereocenters. The summed E-state index contributed by atoms with van der Waals surface area (Å²) in [4.78, 5) is 11.3. The van der Waals surface area contributed by atoms with Crippen LogP contribution in [0.5, 0.6) is 5.88 Å². The highest BCUT2D eigenvalue weighted by atomic mass is 32.2. The van der Waals surface area contributed by atoms with Crippen LogP contribution in [0.1, 0.15) is 40.0 Å². The minimum atomic E-state index is -0.109. The van der Waals surface area contributed by atoms with E-state index in [9.17, 15) is 9.90 Å². The summed E-state index contributed by atoms with van der Waals surface area (Å²) in [5.41, 5.74) is 0. The number of unbranched alkanes of at least 4 members (excludes halogenated alkanes) is 1. The van der Waals surface area contributed by atoms with E-state index in [2.05, 4.69) is 20.8 Å². The zero-order valence-corrected chi connectivity index (χ0v) is 11.0. The normalized spacial score (nSPS) is 11.9. The van der Waals surface area contributed by atoms with Crippen molar-refractivity contribution in [1.82, 2.24) is 3.97 Å². The van der Waals surface area contributed by atoms with E-state index < -0.39 is 0 Å². The molecule has 1 rings (SSSR count). The van der Waals surface area contributed by atoms with E-state index in [0.717, 1.165) is 30.6 Å². The molecule has 1 N–H and O–H groups in total. The van der Waals surface area contributed by atoms with E-state index in [1.807, 2.05) is 0 Å². The second-order valence-corrected chi connectivity index (χ2v) is 6.58. The summed E-state index contributed by atoms with van der Waals surface area (Å²) in [5.74, 6) is 0.0552. The zero-order chi connectivity index (χ0) is 11.5. The van der Waals surface area contributed by atoms with Crippen molar-refractivity contribution in [2.75, 3.05) is 0 Å². The van der Waals surface area contributed by atoms with Gasteiger partial charge in [-0.15, -0.1) is 0 Å². The molecule has 5 heteroatoms. The van der Waals surface area contributed by atoms with Crippen molar-refractivity contribution in [2.45, 2.75) is 44.8 Å². The van der Waals surface area contributed by atoms with Gasteiger partial charge in [-0.2, -0.15) is 0 Å². The molecule has 1 aromatic heterocycles. The number of hydrogen-bond acceptors (Lipinski definition) is 4. The van der Waals surface area contributed by atoms with E-state index in [4.69, 9.17) is 0 Å². The fourth-order valence-corrected chi connectivity index (χ4v) is 3.03. The second kappa shape index (κ2) is 5.07. The Morgan fingerprint density at radius 3 is 2.73 bits per heavy atom. The van der Waals surface area contributed by atoms with E-state index in [-0.39, 0.29) is 15.5 Å². The van der Waals surface area contributed by atoms with Crippen LogP contribution in [0.3, 0.4) is 0 Å². The Morgan fingerprint density at radius 2 is 2.27 bits per heavy atom. The quantitative estimate of drug-likeness (QED) is 0.869. The van der Waals surface area contributed by atoms with E-state index in [1.54, 1.807) is 0 Å². The van der Waals surface area contributed by atoms with Gasteiger partial charge in [-0.1, -0.05) is 31.1 Å². The Balaban J connectivity index is 2.72. The molecule has 0 aliphatic carbocycles. The fourth-order valence-electron chi connectivity index (χ4n) is 1.27. The van der Waals surface area contributed by atoms with Crippen molar-refractivity contribution in [2.24, 2.45) is 0 Å². The van der Waals surface area contributed by atoms with Crippen molar-refractivity contribution >= 4 is 23.3 Å². The van der Waals surface area contributed by atoms with Gasteiger partial charge in [-0.05, 0) is 32.2 Å². The van der Waals surface area contributed by atoms with Crippen molar-refractivity contribution in [3.05, 3.63) is 15.0 Å². The Hall–Kier alpha value is -0.420. The largest absolute Gasteiger partial charge is 0.493 e. The molecule has 1 heterocycles. The maximum Gasteiger partial charge on any atom is 0.320 e. The number of aromatic nitrogens is 1. The first-order chi connectivity index (χ1) is 6.96. The lowest BCUT2D eigenvalue weighted by atomic mass is 10.1. The van der Waals surface area contributed by atoms with Crippen LogP contribution in [0.4, 0.5) is 0 Å². The predicted octanol–water partition coefficient (Wildman–Crippen LogP) is 3.08. The predicted molar refractivity (Wildman–Crippen MR) is 66.8 cm³/mol. The number of thiazole rings is 1. The molecule has 0 aromatic carbocycles. The van der Waals surface area contributed by atoms with Gasteiger partial charge in [0.1, 0.15) is 0 Å². The monoisotopic (exact) mass is 247 g/mol. The Labute approximate surface area is 98.3 Å². The van der Waals surface area contributed by atoms with Crippen LogP contribution in [0.25, 0.3) is 0 Å². The maximum atomic E-state index is 11.4. The molecule has 0 atom stereocenters. The lowest BCUT2D eigenvalue weighted by molar-refractivity contribution is 0.449. The van der Waals surface area contributed by atoms with Crippen LogP contribution >= 0.6 is 23.3 Å². The minimum Gasteiger partial charge on any atom is -0.493 e. The Kier molecular flexibility index (Phi) is 4.28. The molecule has 86 valence electrons. The first-order valence-electron chi connectivity index (χ1n) is 5.05. The van der Waals surface area contributed by atoms with E-state index >= 15 is 0 Å². The van der Waals surface area contributed by atoms with Crippen LogP contribution in [0.15, 0.2) is 10.2 Å². The maximum absolute atomic E-state index is 11.4. The van der Waals surface area contributed by atoms with Crippen molar-refractivity contribution in [1.29, 1.82) is 0 Å². The number of rotatable bonds is 5. The highest BCUT2D eigenvalue weighted by Gasteiger charge is 2.21. The fraction of sp³-hybridized carbons (Fsp3) is 0.700. The average molecular weight is 247 g/mol. The Morgan fingerprint density at radius 1 is 1.60 bits per heavy atom. The molecule has 3 nitrogen and oxygen atoms in total. The van der Waals surface area contributed by atoms with Crippen LogP contribution < -0.4 is 4.87 Å². The SMILES string of the molecule is CCCCC(C)(C)Sn1c(O)csc1=O. The number of hydrogen-bond donors (Lipinski definition) is 1. The van der Waals surface area contributed by atoms with Crippen molar-refractivity contribution < 1.29 is 5.11 Å². The van der Waals surface area contributed by atoms with Gasteiger partial charge in [0.15, 0.2) is 0 Å². The summed E-state index contributed by atoms with van der Waals surface area (Å²) in [7, 11) is 0. The molecular weight excluding hydrogens is 230 g/mol. The molecule has 1 aromatic rings. The summed E-state index contributed by atoms with van der Waals surface area (Å²) in [6.07, 6.45) is 3.32. The first kappa shape index (κ1) is 12.6. The molecule has 0 spiro atoms. The topological polar surface area (TPSA) is 42.2 Å². The van der Waals surface area contributed by atoms with Gasteiger partial charge >= 0.3 is 4.87 Å². The summed E-state index contributed by atoms with van der Waals surface area (Å²) in [5, 5.41) is 11.0. The molecule has 0 aliphatic heterocycles. The minimum absolute atomic E-state index is 0.0155. The highest BCUT2D eigenvalue weighted by molar-refractivity contribution is 7.99. The Bertz CT molecular complexity index is 368. The molecule has 0 bridgehead atoms. The van der Waals surface area contributed by atoms with Crippen LogP contribution in [-0.4, -0.2) is 13.8 Å². The number of nitrogens with zero attached hydrogens (tertiary/aromatic N) is 1. The highest BCUT2D eigenvalue weighted by Crippen LogP contribution is 2.33. The number of aromatic hydroxyl groups is 1. The summed E-state index contributed by atoms with van der Waals surface area (Å²) < 4.78 is 1.36. The van der Waals surface area contributed by atoms with Crippen molar-refractivity contribution in [3.63, 3.8) is 0 Å². The summed E-state index contributed by atoms with van der Waals surface area (Å²) in [6.45, 7) is 6.34. The van der Waals surface area contributed by atoms with Gasteiger partial charge in [0.25, 0.3) is 0 Å². The summed E-state index contributed by atoms with van der Waals surface area (Å²) in [6, 6.07) is 0.